The third-order valence-corrected chi connectivity index (χ3v) is 28.4. The lowest BCUT2D eigenvalue weighted by atomic mass is 9.78. The number of rotatable bonds is 16. The zero-order chi connectivity index (χ0) is 58.8. The number of Topliss-reactive ketones (excluding diaryl/α,β-unsaturated/α-hetero) is 3. The number of cyclic esters (lactones) is 1. The summed E-state index contributed by atoms with van der Waals surface area (Å²) in [7, 11) is 0.662. The third kappa shape index (κ3) is 18.0. The topological polar surface area (TPSA) is 173 Å². The number of esters is 1. The molecule has 3 aliphatic heterocycles. The van der Waals surface area contributed by atoms with Crippen molar-refractivity contribution in [3.05, 3.63) is 47.6 Å². The van der Waals surface area contributed by atoms with Gasteiger partial charge in [0.1, 0.15) is 24.0 Å². The van der Waals surface area contributed by atoms with Crippen LogP contribution in [0, 0.1) is 35.5 Å². The summed E-state index contributed by atoms with van der Waals surface area (Å²) in [6, 6.07) is 4.59. The molecule has 0 spiro atoms. The van der Waals surface area contributed by atoms with E-state index in [9.17, 15) is 29.1 Å². The second-order valence-corrected chi connectivity index (χ2v) is 33.7. The number of amides is 1. The number of carbonyl (C=O) groups excluding carboxylic acids is 5. The molecular weight excluding hydrogens is 1030 g/mol. The fraction of sp³-hybridized carbons (Fsp3) is 0.794. The van der Waals surface area contributed by atoms with Crippen LogP contribution in [0.1, 0.15) is 167 Å². The minimum Gasteiger partial charge on any atom is -0.460 e. The minimum atomic E-state index is -2.42. The summed E-state index contributed by atoms with van der Waals surface area (Å²) in [5.74, 6) is -7.15. The molecule has 1 saturated carbocycles. The fourth-order valence-electron chi connectivity index (χ4n) is 13.0. The lowest BCUT2D eigenvalue weighted by Gasteiger charge is -2.43. The Balaban J connectivity index is 1.80. The van der Waals surface area contributed by atoms with Crippen molar-refractivity contribution in [3.63, 3.8) is 0 Å². The predicted octanol–water partition coefficient (Wildman–Crippen LogP) is 12.2. The Morgan fingerprint density at radius 3 is 1.97 bits per heavy atom. The number of fused-ring (bicyclic) bond motifs is 3. The van der Waals surface area contributed by atoms with E-state index in [1.807, 2.05) is 65.0 Å². The van der Waals surface area contributed by atoms with Crippen molar-refractivity contribution in [2.45, 2.75) is 258 Å². The van der Waals surface area contributed by atoms with Crippen molar-refractivity contribution < 1.29 is 61.6 Å². The normalized spacial score (nSPS) is 35.8. The second kappa shape index (κ2) is 32.2. The zero-order valence-corrected chi connectivity index (χ0v) is 53.8. The van der Waals surface area contributed by atoms with Gasteiger partial charge in [0, 0.05) is 58.5 Å². The molecule has 1 aliphatic carbocycles. The number of hydrogen-bond acceptors (Lipinski definition) is 13. The van der Waals surface area contributed by atoms with E-state index in [4.69, 9.17) is 32.5 Å². The number of ketones is 3. The highest BCUT2D eigenvalue weighted by Gasteiger charge is 2.53. The summed E-state index contributed by atoms with van der Waals surface area (Å²) >= 11 is 0. The first-order chi connectivity index (χ1) is 37.5. The van der Waals surface area contributed by atoms with Crippen LogP contribution in [0.15, 0.2) is 47.6 Å². The maximum atomic E-state index is 14.9. The van der Waals surface area contributed by atoms with E-state index in [0.717, 1.165) is 66.7 Å². The van der Waals surface area contributed by atoms with E-state index in [2.05, 4.69) is 54.5 Å². The molecule has 79 heavy (non-hydrogen) atoms. The van der Waals surface area contributed by atoms with Gasteiger partial charge in [-0.3, -0.25) is 19.2 Å². The van der Waals surface area contributed by atoms with E-state index in [0.29, 0.717) is 44.9 Å². The van der Waals surface area contributed by atoms with E-state index in [1.165, 1.54) is 4.90 Å². The first-order valence-corrected chi connectivity index (χ1v) is 35.7. The van der Waals surface area contributed by atoms with Crippen LogP contribution in [0.3, 0.4) is 0 Å². The SMILES string of the molecule is CC[Si](CC)(CC)O[C@@H]1/C(C)=C/[C@@H](C)C(=O)CC([C@H](C)C[C@@H]2CC[C@@H](O[Si](CC)(CC)CC)[C@H](OC)C2)OC(=O)[C@@H]2CCCCN2C(=O)C(=O)[C@]2(O)O[C@@H](CC[C@H]2C)C[C@H](OC)/C(C)=C/C=C/C=C/[C@@H](C)C[C@@H](C)C(=O)[C@@H]1OC. The van der Waals surface area contributed by atoms with Crippen LogP contribution < -0.4 is 0 Å². The Labute approximate surface area is 479 Å². The van der Waals surface area contributed by atoms with E-state index >= 15 is 0 Å². The predicted molar refractivity (Wildman–Crippen MR) is 317 cm³/mol. The Bertz CT molecular complexity index is 2080. The van der Waals surface area contributed by atoms with Gasteiger partial charge < -0.3 is 42.5 Å². The first kappa shape index (κ1) is 68.6. The largest absolute Gasteiger partial charge is 0.460 e. The molecule has 4 aliphatic rings. The van der Waals surface area contributed by atoms with Crippen LogP contribution in [-0.4, -0.2) is 138 Å². The van der Waals surface area contributed by atoms with Crippen LogP contribution in [0.25, 0.3) is 0 Å². The molecular formula is C63H107NO13Si2. The number of ether oxygens (including phenoxy) is 5. The number of allylic oxidation sites excluding steroid dienone is 6. The van der Waals surface area contributed by atoms with E-state index in [1.54, 1.807) is 28.3 Å². The molecule has 1 unspecified atom stereocenters. The first-order valence-electron chi connectivity index (χ1n) is 30.7. The molecule has 1 N–H and O–H groups in total. The fourth-order valence-corrected chi connectivity index (χ4v) is 18.7. The molecule has 0 aromatic rings. The van der Waals surface area contributed by atoms with Gasteiger partial charge in [0.2, 0.25) is 5.79 Å². The average molecular weight is 1140 g/mol. The summed E-state index contributed by atoms with van der Waals surface area (Å²) in [5, 5.41) is 12.1. The molecule has 0 radical (unpaired) electrons. The molecule has 2 saturated heterocycles. The summed E-state index contributed by atoms with van der Waals surface area (Å²) in [6.45, 7) is 26.8. The highest BCUT2D eigenvalue weighted by atomic mass is 28.4. The molecule has 4 rings (SSSR count). The zero-order valence-electron chi connectivity index (χ0n) is 51.8. The lowest BCUT2D eigenvalue weighted by molar-refractivity contribution is -0.265. The summed E-state index contributed by atoms with van der Waals surface area (Å²) in [4.78, 5) is 74.6. The molecule has 14 nitrogen and oxygen atoms in total. The van der Waals surface area contributed by atoms with Crippen molar-refractivity contribution in [3.8, 4) is 0 Å². The van der Waals surface area contributed by atoms with Gasteiger partial charge in [0.15, 0.2) is 22.4 Å². The molecule has 16 heteroatoms. The van der Waals surface area contributed by atoms with Gasteiger partial charge in [-0.15, -0.1) is 0 Å². The minimum absolute atomic E-state index is 0.00732. The summed E-state index contributed by atoms with van der Waals surface area (Å²) < 4.78 is 45.2. The van der Waals surface area contributed by atoms with Gasteiger partial charge >= 0.3 is 5.97 Å². The van der Waals surface area contributed by atoms with E-state index in [-0.39, 0.29) is 66.8 Å². The van der Waals surface area contributed by atoms with Crippen LogP contribution in [0.5, 0.6) is 0 Å². The van der Waals surface area contributed by atoms with Gasteiger partial charge in [0.05, 0.1) is 30.5 Å². The van der Waals surface area contributed by atoms with Gasteiger partial charge in [-0.25, -0.2) is 4.79 Å². The van der Waals surface area contributed by atoms with Crippen LogP contribution in [0.2, 0.25) is 36.3 Å². The Morgan fingerprint density at radius 2 is 1.37 bits per heavy atom. The van der Waals surface area contributed by atoms with Crippen molar-refractivity contribution in [2.24, 2.45) is 35.5 Å². The van der Waals surface area contributed by atoms with Gasteiger partial charge in [-0.2, -0.15) is 0 Å². The average Bonchev–Trinajstić information content (AvgIpc) is 3.45. The summed E-state index contributed by atoms with van der Waals surface area (Å²) in [5.41, 5.74) is 1.64. The Morgan fingerprint density at radius 1 is 0.722 bits per heavy atom. The maximum Gasteiger partial charge on any atom is 0.329 e. The number of piperidine rings is 1. The molecule has 1 amide bonds. The maximum absolute atomic E-state index is 14.9. The number of aliphatic hydroxyl groups is 1. The molecule has 3 heterocycles. The summed E-state index contributed by atoms with van der Waals surface area (Å²) in [6.07, 6.45) is 14.5. The molecule has 0 aromatic heterocycles. The van der Waals surface area contributed by atoms with Crippen LogP contribution >= 0.6 is 0 Å². The quantitative estimate of drug-likeness (QED) is 0.0670. The highest BCUT2D eigenvalue weighted by molar-refractivity contribution is 6.74. The van der Waals surface area contributed by atoms with Crippen molar-refractivity contribution in [2.75, 3.05) is 27.9 Å². The van der Waals surface area contributed by atoms with Crippen molar-refractivity contribution in [1.82, 2.24) is 4.90 Å². The van der Waals surface area contributed by atoms with Gasteiger partial charge in [-0.05, 0) is 143 Å². The molecule has 450 valence electrons. The Hall–Kier alpha value is -2.94. The number of nitrogens with zero attached hydrogens (tertiary/aromatic N) is 1. The second-order valence-electron chi connectivity index (χ2n) is 24.3. The van der Waals surface area contributed by atoms with Crippen LogP contribution in [-0.2, 0) is 56.5 Å². The lowest BCUT2D eigenvalue weighted by Crippen LogP contribution is -2.61. The van der Waals surface area contributed by atoms with Crippen LogP contribution in [0.4, 0.5) is 0 Å². The highest BCUT2D eigenvalue weighted by Crippen LogP contribution is 2.40. The number of hydrogen-bond donors (Lipinski definition) is 1. The Kier molecular flexibility index (Phi) is 28.0. The van der Waals surface area contributed by atoms with Crippen molar-refractivity contribution in [1.29, 1.82) is 0 Å². The van der Waals surface area contributed by atoms with E-state index < -0.39 is 88.5 Å². The standard InChI is InChI=1S/C63H107NO13Si2/c1-17-78(18-2,19-3)76-53-34-32-49(39-56(53)72-15)38-45(10)55-41-52(65)44(9)37-47(12)58(77-79(20-4,21-5)22-6)59(73-16)57(66)46(11)36-42(7)28-24-23-25-29-43(8)54(71-14)40-50-33-31-48(13)63(70,75-50)60(67)61(68)64-35-27-26-30-51(64)62(69)74-55/h23-25,28-29,37,42,44-46,48-51,53-56,58-59,70H,17-22,26-27,30-36,38-41H2,1-16H3/b25-23+,28-24+,43-29+,47-37+/t42-,44-,45-,46-,48-,49+,50+,51+,53-,54+,55?,56-,58-,59+,63-/m1/s1. The number of methoxy groups -OCH3 is 3. The third-order valence-electron chi connectivity index (χ3n) is 19.1. The molecule has 0 aromatic carbocycles. The van der Waals surface area contributed by atoms with Gasteiger partial charge in [0.25, 0.3) is 11.7 Å². The monoisotopic (exact) mass is 1140 g/mol. The smallest absolute Gasteiger partial charge is 0.329 e. The molecule has 15 atom stereocenters. The number of carbonyl (C=O) groups is 5. The van der Waals surface area contributed by atoms with Gasteiger partial charge in [-0.1, -0.05) is 113 Å². The molecule has 2 bridgehead atoms. The van der Waals surface area contributed by atoms with Crippen molar-refractivity contribution >= 4 is 45.9 Å². The molecule has 3 fully saturated rings.